The van der Waals surface area contributed by atoms with Gasteiger partial charge in [-0.15, -0.1) is 0 Å². The van der Waals surface area contributed by atoms with Crippen molar-refractivity contribution in [3.05, 3.63) is 18.1 Å². The van der Waals surface area contributed by atoms with E-state index in [4.69, 9.17) is 10.5 Å². The summed E-state index contributed by atoms with van der Waals surface area (Å²) in [5.41, 5.74) is 6.00. The van der Waals surface area contributed by atoms with Crippen molar-refractivity contribution in [2.75, 3.05) is 18.8 Å². The Morgan fingerprint density at radius 1 is 1.09 bits per heavy atom. The molecule has 2 fully saturated rings. The van der Waals surface area contributed by atoms with Crippen LogP contribution in [0, 0.1) is 5.92 Å². The van der Waals surface area contributed by atoms with Crippen LogP contribution in [0.2, 0.25) is 0 Å². The van der Waals surface area contributed by atoms with Gasteiger partial charge in [-0.2, -0.15) is 0 Å². The van der Waals surface area contributed by atoms with E-state index in [1.165, 1.54) is 38.1 Å². The van der Waals surface area contributed by atoms with Crippen molar-refractivity contribution in [2.45, 2.75) is 57.7 Å². The number of hydrogen-bond donors (Lipinski definition) is 1. The molecule has 1 amide bonds. The number of ether oxygens (including phenoxy) is 1. The summed E-state index contributed by atoms with van der Waals surface area (Å²) in [6.45, 7) is 3.71. The lowest BCUT2D eigenvalue weighted by atomic mass is 9.88. The molecule has 2 heterocycles. The highest BCUT2D eigenvalue weighted by molar-refractivity contribution is 5.96. The molecular formula is C17H26N4O2. The zero-order valence-corrected chi connectivity index (χ0v) is 13.8. The molecule has 0 bridgehead atoms. The van der Waals surface area contributed by atoms with Crippen LogP contribution in [-0.2, 0) is 4.74 Å². The summed E-state index contributed by atoms with van der Waals surface area (Å²) in [7, 11) is 0. The van der Waals surface area contributed by atoms with Crippen molar-refractivity contribution in [3.63, 3.8) is 0 Å². The number of anilines is 1. The van der Waals surface area contributed by atoms with E-state index in [9.17, 15) is 4.79 Å². The first-order chi connectivity index (χ1) is 11.1. The van der Waals surface area contributed by atoms with Crippen molar-refractivity contribution in [3.8, 4) is 0 Å². The van der Waals surface area contributed by atoms with Gasteiger partial charge >= 0.3 is 0 Å². The maximum Gasteiger partial charge on any atom is 0.276 e. The van der Waals surface area contributed by atoms with E-state index in [1.807, 2.05) is 4.90 Å². The number of piperidine rings is 1. The van der Waals surface area contributed by atoms with Crippen molar-refractivity contribution in [1.29, 1.82) is 0 Å². The molecule has 1 saturated heterocycles. The molecule has 126 valence electrons. The molecular weight excluding hydrogens is 292 g/mol. The minimum absolute atomic E-state index is 0.124. The molecule has 2 aliphatic rings. The number of carbonyl (C=O) groups is 1. The van der Waals surface area contributed by atoms with E-state index in [-0.39, 0.29) is 23.5 Å². The number of amides is 1. The smallest absolute Gasteiger partial charge is 0.276 e. The Balaban J connectivity index is 1.48. The molecule has 23 heavy (non-hydrogen) atoms. The molecule has 0 spiro atoms. The van der Waals surface area contributed by atoms with Crippen molar-refractivity contribution in [2.24, 2.45) is 5.92 Å². The Hall–Kier alpha value is -1.69. The maximum absolute atomic E-state index is 12.5. The Kier molecular flexibility index (Phi) is 5.10. The van der Waals surface area contributed by atoms with E-state index in [2.05, 4.69) is 16.9 Å². The van der Waals surface area contributed by atoms with Crippen LogP contribution >= 0.6 is 0 Å². The van der Waals surface area contributed by atoms with Gasteiger partial charge in [-0.05, 0) is 44.4 Å². The number of hydrogen-bond acceptors (Lipinski definition) is 5. The molecule has 0 atom stereocenters. The maximum atomic E-state index is 12.5. The standard InChI is InChI=1S/C17H26N4O2/c1-12-2-4-13(5-3-12)23-14-6-10-21(11-7-14)17(22)15-16(18)20-9-8-19-15/h8-9,12-14H,2-7,10-11H2,1H3,(H2,18,20). The normalized spacial score (nSPS) is 26.2. The average molecular weight is 318 g/mol. The van der Waals surface area contributed by atoms with E-state index in [0.29, 0.717) is 19.2 Å². The molecule has 0 aromatic carbocycles. The fraction of sp³-hybridized carbons (Fsp3) is 0.706. The summed E-state index contributed by atoms with van der Waals surface area (Å²) in [4.78, 5) is 22.3. The summed E-state index contributed by atoms with van der Waals surface area (Å²) >= 11 is 0. The van der Waals surface area contributed by atoms with Crippen LogP contribution in [0.4, 0.5) is 5.82 Å². The summed E-state index contributed by atoms with van der Waals surface area (Å²) in [6.07, 6.45) is 10.4. The number of carbonyl (C=O) groups excluding carboxylic acids is 1. The van der Waals surface area contributed by atoms with Gasteiger partial charge < -0.3 is 15.4 Å². The highest BCUT2D eigenvalue weighted by atomic mass is 16.5. The molecule has 6 nitrogen and oxygen atoms in total. The van der Waals surface area contributed by atoms with Gasteiger partial charge in [-0.3, -0.25) is 4.79 Å². The van der Waals surface area contributed by atoms with Gasteiger partial charge in [0.25, 0.3) is 5.91 Å². The van der Waals surface area contributed by atoms with Gasteiger partial charge in [-0.1, -0.05) is 6.92 Å². The van der Waals surface area contributed by atoms with Crippen molar-refractivity contribution >= 4 is 11.7 Å². The van der Waals surface area contributed by atoms with E-state index in [1.54, 1.807) is 0 Å². The zero-order chi connectivity index (χ0) is 16.2. The van der Waals surface area contributed by atoms with Gasteiger partial charge in [-0.25, -0.2) is 9.97 Å². The first-order valence-electron chi connectivity index (χ1n) is 8.64. The number of nitrogen functional groups attached to an aromatic ring is 1. The van der Waals surface area contributed by atoms with Crippen molar-refractivity contribution in [1.82, 2.24) is 14.9 Å². The largest absolute Gasteiger partial charge is 0.382 e. The summed E-state index contributed by atoms with van der Waals surface area (Å²) in [5.74, 6) is 0.916. The van der Waals surface area contributed by atoms with Crippen LogP contribution in [0.15, 0.2) is 12.4 Å². The van der Waals surface area contributed by atoms with Crippen LogP contribution in [0.25, 0.3) is 0 Å². The molecule has 1 aliphatic carbocycles. The lowest BCUT2D eigenvalue weighted by Crippen LogP contribution is -2.42. The number of nitrogens with two attached hydrogens (primary N) is 1. The van der Waals surface area contributed by atoms with Gasteiger partial charge in [0, 0.05) is 25.5 Å². The van der Waals surface area contributed by atoms with Crippen LogP contribution in [0.3, 0.4) is 0 Å². The van der Waals surface area contributed by atoms with Crippen LogP contribution < -0.4 is 5.73 Å². The fourth-order valence-electron chi connectivity index (χ4n) is 3.50. The van der Waals surface area contributed by atoms with Gasteiger partial charge in [0.05, 0.1) is 12.2 Å². The second kappa shape index (κ2) is 7.25. The number of aromatic nitrogens is 2. The van der Waals surface area contributed by atoms with E-state index in [0.717, 1.165) is 18.8 Å². The number of nitrogens with zero attached hydrogens (tertiary/aromatic N) is 3. The summed E-state index contributed by atoms with van der Waals surface area (Å²) < 4.78 is 6.25. The topological polar surface area (TPSA) is 81.3 Å². The third-order valence-electron chi connectivity index (χ3n) is 5.01. The van der Waals surface area contributed by atoms with Gasteiger partial charge in [0.2, 0.25) is 0 Å². The van der Waals surface area contributed by atoms with Crippen LogP contribution in [0.5, 0.6) is 0 Å². The predicted octanol–water partition coefficient (Wildman–Crippen LogP) is 2.26. The van der Waals surface area contributed by atoms with Gasteiger partial charge in [0.1, 0.15) is 0 Å². The molecule has 0 unspecified atom stereocenters. The molecule has 2 N–H and O–H groups in total. The first kappa shape index (κ1) is 16.2. The Morgan fingerprint density at radius 2 is 1.70 bits per heavy atom. The lowest BCUT2D eigenvalue weighted by molar-refractivity contribution is -0.0571. The van der Waals surface area contributed by atoms with Gasteiger partial charge in [0.15, 0.2) is 11.5 Å². The highest BCUT2D eigenvalue weighted by Gasteiger charge is 2.28. The van der Waals surface area contributed by atoms with E-state index >= 15 is 0 Å². The predicted molar refractivity (Wildman–Crippen MR) is 87.9 cm³/mol. The molecule has 1 aromatic rings. The zero-order valence-electron chi connectivity index (χ0n) is 13.8. The Morgan fingerprint density at radius 3 is 2.35 bits per heavy atom. The lowest BCUT2D eigenvalue weighted by Gasteiger charge is -2.35. The Bertz CT molecular complexity index is 535. The molecule has 1 aromatic heterocycles. The molecule has 3 rings (SSSR count). The fourth-order valence-corrected chi connectivity index (χ4v) is 3.50. The van der Waals surface area contributed by atoms with Crippen LogP contribution in [-0.4, -0.2) is 46.1 Å². The molecule has 6 heteroatoms. The SMILES string of the molecule is CC1CCC(OC2CCN(C(=O)c3nccnc3N)CC2)CC1. The first-order valence-corrected chi connectivity index (χ1v) is 8.64. The monoisotopic (exact) mass is 318 g/mol. The Labute approximate surface area is 137 Å². The summed E-state index contributed by atoms with van der Waals surface area (Å²) in [6, 6.07) is 0. The van der Waals surface area contributed by atoms with Crippen LogP contribution in [0.1, 0.15) is 55.9 Å². The minimum atomic E-state index is -0.124. The highest BCUT2D eigenvalue weighted by Crippen LogP contribution is 2.28. The van der Waals surface area contributed by atoms with Crippen molar-refractivity contribution < 1.29 is 9.53 Å². The second-order valence-corrected chi connectivity index (χ2v) is 6.80. The minimum Gasteiger partial charge on any atom is -0.382 e. The van der Waals surface area contributed by atoms with E-state index < -0.39 is 0 Å². The third-order valence-corrected chi connectivity index (χ3v) is 5.01. The molecule has 1 aliphatic heterocycles. The summed E-state index contributed by atoms with van der Waals surface area (Å²) in [5, 5.41) is 0. The number of rotatable bonds is 3. The molecule has 1 saturated carbocycles. The second-order valence-electron chi connectivity index (χ2n) is 6.80. The quantitative estimate of drug-likeness (QED) is 0.924. The average Bonchev–Trinajstić information content (AvgIpc) is 2.57. The number of likely N-dealkylation sites (tertiary alicyclic amines) is 1. The third kappa shape index (κ3) is 3.99. The molecule has 0 radical (unpaired) electrons.